The van der Waals surface area contributed by atoms with E-state index >= 15 is 0 Å². The lowest BCUT2D eigenvalue weighted by atomic mass is 9.99. The molecule has 0 amide bonds. The highest BCUT2D eigenvalue weighted by atomic mass is 16.5. The summed E-state index contributed by atoms with van der Waals surface area (Å²) in [6, 6.07) is 8.26. The first kappa shape index (κ1) is 17.9. The van der Waals surface area contributed by atoms with E-state index in [2.05, 4.69) is 0 Å². The van der Waals surface area contributed by atoms with Crippen LogP contribution in [0.15, 0.2) is 46.1 Å². The number of carbonyl (C=O) groups excluding carboxylic acids is 1. The first-order chi connectivity index (χ1) is 13.3. The van der Waals surface area contributed by atoms with Gasteiger partial charge in [-0.25, -0.2) is 4.79 Å². The maximum atomic E-state index is 13.0. The number of nitrogens with zero attached hydrogens (tertiary/aromatic N) is 2. The van der Waals surface area contributed by atoms with Crippen molar-refractivity contribution in [1.82, 2.24) is 9.13 Å². The van der Waals surface area contributed by atoms with E-state index < -0.39 is 23.4 Å². The van der Waals surface area contributed by atoms with Gasteiger partial charge in [0.2, 0.25) is 0 Å². The van der Waals surface area contributed by atoms with Crippen molar-refractivity contribution in [3.63, 3.8) is 0 Å². The Balaban J connectivity index is 2.00. The second kappa shape index (κ2) is 8.05. The minimum Gasteiger partial charge on any atom is -0.354 e. The molecule has 0 bridgehead atoms. The van der Waals surface area contributed by atoms with E-state index in [1.165, 1.54) is 10.8 Å². The molecule has 3 rings (SSSR count). The standard InChI is InChI=1S/C21H26N2O4/c1-4-5-11-17-14(2)12-18(27-17)22-13-15(3)19(24)23(21(22)26)20(25)16-9-7-6-8-10-16/h6-10,13-14,17-18H,4-5,11-12H2,1-3H3/t14-,17+,18+/m0/s1/i11D/t11-,14-,17+,18+. The Labute approximate surface area is 159 Å². The molecule has 6 heteroatoms. The molecule has 6 nitrogen and oxygen atoms in total. The van der Waals surface area contributed by atoms with Crippen molar-refractivity contribution in [3.8, 4) is 0 Å². The first-order valence-corrected chi connectivity index (χ1v) is 9.37. The Hall–Kier alpha value is -2.47. The minimum absolute atomic E-state index is 0.108. The molecular formula is C21H26N2O4. The zero-order chi connectivity index (χ0) is 20.4. The maximum absolute atomic E-state index is 13.0. The van der Waals surface area contributed by atoms with Crippen LogP contribution in [0.2, 0.25) is 0 Å². The van der Waals surface area contributed by atoms with E-state index in [4.69, 9.17) is 6.11 Å². The second-order valence-corrected chi connectivity index (χ2v) is 7.11. The van der Waals surface area contributed by atoms with Gasteiger partial charge in [0.1, 0.15) is 6.23 Å². The fourth-order valence-electron chi connectivity index (χ4n) is 3.41. The SMILES string of the molecule is [2H][C@@H](CCC)[C@H]1O[C@@H](n2cc(C)c(=O)n(C(=O)c3ccccc3)c2=O)C[C@@H]1C. The lowest BCUT2D eigenvalue weighted by molar-refractivity contribution is -0.0113. The van der Waals surface area contributed by atoms with Gasteiger partial charge >= 0.3 is 5.69 Å². The lowest BCUT2D eigenvalue weighted by Crippen LogP contribution is -2.45. The molecule has 0 radical (unpaired) electrons. The van der Waals surface area contributed by atoms with Crippen molar-refractivity contribution in [1.29, 1.82) is 0 Å². The summed E-state index contributed by atoms with van der Waals surface area (Å²) in [7, 11) is 0. The summed E-state index contributed by atoms with van der Waals surface area (Å²) in [5.41, 5.74) is -0.771. The Kier molecular flexibility index (Phi) is 5.34. The van der Waals surface area contributed by atoms with Gasteiger partial charge in [-0.15, -0.1) is 0 Å². The predicted molar refractivity (Wildman–Crippen MR) is 103 cm³/mol. The van der Waals surface area contributed by atoms with Gasteiger partial charge in [0.25, 0.3) is 11.5 Å². The quantitative estimate of drug-likeness (QED) is 0.810. The molecule has 1 saturated heterocycles. The van der Waals surface area contributed by atoms with Crippen LogP contribution in [0.25, 0.3) is 0 Å². The number of aromatic nitrogens is 2. The van der Waals surface area contributed by atoms with E-state index in [0.29, 0.717) is 16.6 Å². The van der Waals surface area contributed by atoms with Crippen molar-refractivity contribution in [2.45, 2.75) is 58.8 Å². The minimum atomic E-state index is -0.709. The normalized spacial score (nSPS) is 23.8. The van der Waals surface area contributed by atoms with Crippen LogP contribution >= 0.6 is 0 Å². The van der Waals surface area contributed by atoms with Crippen LogP contribution in [-0.4, -0.2) is 21.1 Å². The smallest absolute Gasteiger partial charge is 0.340 e. The van der Waals surface area contributed by atoms with Crippen molar-refractivity contribution in [2.75, 3.05) is 0 Å². The molecule has 1 aromatic carbocycles. The number of rotatable bonds is 5. The summed E-state index contributed by atoms with van der Waals surface area (Å²) in [5.74, 6) is -0.545. The third-order valence-corrected chi connectivity index (χ3v) is 4.96. The van der Waals surface area contributed by atoms with E-state index in [9.17, 15) is 14.4 Å². The average molecular weight is 371 g/mol. The number of aryl methyl sites for hydroxylation is 1. The van der Waals surface area contributed by atoms with Crippen LogP contribution in [0.5, 0.6) is 0 Å². The van der Waals surface area contributed by atoms with E-state index in [-0.39, 0.29) is 24.0 Å². The number of ether oxygens (including phenoxy) is 1. The molecule has 0 unspecified atom stereocenters. The van der Waals surface area contributed by atoms with E-state index in [1.807, 2.05) is 13.8 Å². The third kappa shape index (κ3) is 3.81. The van der Waals surface area contributed by atoms with Crippen LogP contribution in [0.4, 0.5) is 0 Å². The van der Waals surface area contributed by atoms with Crippen LogP contribution in [0.3, 0.4) is 0 Å². The van der Waals surface area contributed by atoms with Crippen LogP contribution in [0, 0.1) is 12.8 Å². The molecular weight excluding hydrogens is 344 g/mol. The highest BCUT2D eigenvalue weighted by Crippen LogP contribution is 2.34. The van der Waals surface area contributed by atoms with Crippen LogP contribution < -0.4 is 11.2 Å². The summed E-state index contributed by atoms with van der Waals surface area (Å²) in [6.45, 7) is 5.61. The highest BCUT2D eigenvalue weighted by molar-refractivity contribution is 5.95. The molecule has 27 heavy (non-hydrogen) atoms. The Bertz CT molecular complexity index is 967. The van der Waals surface area contributed by atoms with Crippen molar-refractivity contribution in [2.24, 2.45) is 5.92 Å². The van der Waals surface area contributed by atoms with Gasteiger partial charge in [-0.2, -0.15) is 4.57 Å². The fraction of sp³-hybridized carbons (Fsp3) is 0.476. The summed E-state index contributed by atoms with van der Waals surface area (Å²) < 4.78 is 16.3. The van der Waals surface area contributed by atoms with Crippen molar-refractivity contribution < 1.29 is 10.9 Å². The largest absolute Gasteiger partial charge is 0.354 e. The Morgan fingerprint density at radius 2 is 2.00 bits per heavy atom. The predicted octanol–water partition coefficient (Wildman–Crippen LogP) is 3.12. The van der Waals surface area contributed by atoms with Gasteiger partial charge in [0.15, 0.2) is 0 Å². The molecule has 1 fully saturated rings. The summed E-state index contributed by atoms with van der Waals surface area (Å²) in [4.78, 5) is 38.4. The number of carbonyl (C=O) groups is 1. The summed E-state index contributed by atoms with van der Waals surface area (Å²) >= 11 is 0. The molecule has 1 aliphatic heterocycles. The molecule has 0 N–H and O–H groups in total. The zero-order valence-electron chi connectivity index (χ0n) is 16.9. The Morgan fingerprint density at radius 3 is 2.67 bits per heavy atom. The summed E-state index contributed by atoms with van der Waals surface area (Å²) in [6.07, 6.45) is 2.40. The van der Waals surface area contributed by atoms with Gasteiger partial charge in [-0.05, 0) is 37.8 Å². The lowest BCUT2D eigenvalue weighted by Gasteiger charge is -2.18. The third-order valence-electron chi connectivity index (χ3n) is 4.96. The first-order valence-electron chi connectivity index (χ1n) is 9.95. The molecule has 0 aliphatic carbocycles. The summed E-state index contributed by atoms with van der Waals surface area (Å²) in [5, 5.41) is 0. The number of hydrogen-bond acceptors (Lipinski definition) is 4. The average Bonchev–Trinajstić information content (AvgIpc) is 3.07. The molecule has 0 saturated carbocycles. The molecule has 1 aliphatic rings. The van der Waals surface area contributed by atoms with Gasteiger partial charge < -0.3 is 4.74 Å². The number of benzene rings is 1. The highest BCUT2D eigenvalue weighted by Gasteiger charge is 2.34. The molecule has 4 atom stereocenters. The topological polar surface area (TPSA) is 70.3 Å². The molecule has 2 heterocycles. The monoisotopic (exact) mass is 371 g/mol. The number of hydrogen-bond donors (Lipinski definition) is 0. The second-order valence-electron chi connectivity index (χ2n) is 7.11. The fourth-order valence-corrected chi connectivity index (χ4v) is 3.41. The van der Waals surface area contributed by atoms with E-state index in [1.54, 1.807) is 37.3 Å². The van der Waals surface area contributed by atoms with Crippen molar-refractivity contribution >= 4 is 5.91 Å². The van der Waals surface area contributed by atoms with Crippen LogP contribution in [0.1, 0.15) is 63.0 Å². The van der Waals surface area contributed by atoms with E-state index in [0.717, 1.165) is 12.8 Å². The van der Waals surface area contributed by atoms with Gasteiger partial charge in [0.05, 0.1) is 6.10 Å². The zero-order valence-corrected chi connectivity index (χ0v) is 15.9. The van der Waals surface area contributed by atoms with Crippen LogP contribution in [-0.2, 0) is 4.74 Å². The maximum Gasteiger partial charge on any atom is 0.340 e. The van der Waals surface area contributed by atoms with Gasteiger partial charge in [-0.1, -0.05) is 44.9 Å². The van der Waals surface area contributed by atoms with Gasteiger partial charge in [-0.3, -0.25) is 14.2 Å². The van der Waals surface area contributed by atoms with Gasteiger partial charge in [0, 0.05) is 18.7 Å². The molecule has 0 spiro atoms. The Morgan fingerprint density at radius 1 is 1.30 bits per heavy atom. The molecule has 2 aromatic rings. The van der Waals surface area contributed by atoms with Crippen molar-refractivity contribution in [3.05, 3.63) is 68.5 Å². The molecule has 1 aromatic heterocycles. The molecule has 144 valence electrons.